The number of hydrogen-bond donors (Lipinski definition) is 0. The standard InChI is InChI=1S/C19H18N4O3/c1-3-26-19(25)14-9-11-15(12-10-14)20-21-17-13(2)22-23(18(17)24)16-7-5-4-6-8-16/h4-12,17H,3H2,1-2H3/t17-/m1/s1. The number of hydrogen-bond acceptors (Lipinski definition) is 6. The first-order valence-corrected chi connectivity index (χ1v) is 8.22. The molecule has 0 saturated heterocycles. The third-order valence-corrected chi connectivity index (χ3v) is 3.76. The van der Waals surface area contributed by atoms with E-state index in [1.165, 1.54) is 5.01 Å². The molecule has 0 fully saturated rings. The van der Waals surface area contributed by atoms with Gasteiger partial charge in [0.1, 0.15) is 0 Å². The lowest BCUT2D eigenvalue weighted by molar-refractivity contribution is -0.117. The van der Waals surface area contributed by atoms with E-state index in [2.05, 4.69) is 15.3 Å². The van der Waals surface area contributed by atoms with Gasteiger partial charge in [-0.2, -0.15) is 20.3 Å². The number of carbonyl (C=O) groups excluding carboxylic acids is 2. The molecule has 1 atom stereocenters. The minimum absolute atomic E-state index is 0.249. The minimum Gasteiger partial charge on any atom is -0.462 e. The van der Waals surface area contributed by atoms with Crippen molar-refractivity contribution in [2.75, 3.05) is 11.6 Å². The molecule has 1 aliphatic heterocycles. The molecule has 1 amide bonds. The molecule has 0 spiro atoms. The first kappa shape index (κ1) is 17.5. The molecule has 26 heavy (non-hydrogen) atoms. The molecule has 0 bridgehead atoms. The minimum atomic E-state index is -0.750. The number of benzene rings is 2. The Bertz CT molecular complexity index is 860. The van der Waals surface area contributed by atoms with Gasteiger partial charge in [-0.25, -0.2) is 4.79 Å². The molecule has 7 heteroatoms. The van der Waals surface area contributed by atoms with Gasteiger partial charge in [0.2, 0.25) is 0 Å². The van der Waals surface area contributed by atoms with Crippen LogP contribution in [0.15, 0.2) is 69.9 Å². The Hall–Kier alpha value is -3.35. The summed E-state index contributed by atoms with van der Waals surface area (Å²) < 4.78 is 4.93. The number of esters is 1. The first-order valence-electron chi connectivity index (χ1n) is 8.22. The summed E-state index contributed by atoms with van der Waals surface area (Å²) in [5, 5.41) is 13.8. The molecule has 0 radical (unpaired) electrons. The average Bonchev–Trinajstić information content (AvgIpc) is 2.95. The van der Waals surface area contributed by atoms with Gasteiger partial charge in [-0.3, -0.25) is 4.79 Å². The van der Waals surface area contributed by atoms with Crippen LogP contribution in [0.25, 0.3) is 0 Å². The van der Waals surface area contributed by atoms with E-state index in [1.54, 1.807) is 38.1 Å². The topological polar surface area (TPSA) is 83.7 Å². The fourth-order valence-electron chi connectivity index (χ4n) is 2.45. The Morgan fingerprint density at radius 1 is 1.15 bits per heavy atom. The maximum absolute atomic E-state index is 12.5. The van der Waals surface area contributed by atoms with E-state index in [1.807, 2.05) is 30.3 Å². The molecule has 0 aliphatic carbocycles. The largest absolute Gasteiger partial charge is 0.462 e. The SMILES string of the molecule is CCOC(=O)c1ccc(N=N[C@H]2C(=O)N(c3ccccc3)N=C2C)cc1. The quantitative estimate of drug-likeness (QED) is 0.608. The molecular formula is C19H18N4O3. The van der Waals surface area contributed by atoms with Gasteiger partial charge >= 0.3 is 5.97 Å². The number of rotatable bonds is 5. The number of carbonyl (C=O) groups is 2. The van der Waals surface area contributed by atoms with E-state index in [4.69, 9.17) is 4.74 Å². The van der Waals surface area contributed by atoms with Crippen molar-refractivity contribution in [2.24, 2.45) is 15.3 Å². The second kappa shape index (κ2) is 7.69. The fourth-order valence-corrected chi connectivity index (χ4v) is 2.45. The summed E-state index contributed by atoms with van der Waals surface area (Å²) in [5.74, 6) is -0.635. The Morgan fingerprint density at radius 2 is 1.85 bits per heavy atom. The summed E-state index contributed by atoms with van der Waals surface area (Å²) in [6, 6.07) is 14.9. The van der Waals surface area contributed by atoms with E-state index >= 15 is 0 Å². The molecular weight excluding hydrogens is 332 g/mol. The van der Waals surface area contributed by atoms with Gasteiger partial charge in [0.15, 0.2) is 6.04 Å². The van der Waals surface area contributed by atoms with Gasteiger partial charge < -0.3 is 4.74 Å². The van der Waals surface area contributed by atoms with Gasteiger partial charge in [-0.1, -0.05) is 18.2 Å². The zero-order valence-corrected chi connectivity index (χ0v) is 14.5. The van der Waals surface area contributed by atoms with Crippen LogP contribution in [0.3, 0.4) is 0 Å². The van der Waals surface area contributed by atoms with Crippen molar-refractivity contribution in [3.05, 3.63) is 60.2 Å². The molecule has 2 aromatic carbocycles. The second-order valence-electron chi connectivity index (χ2n) is 5.61. The number of nitrogens with zero attached hydrogens (tertiary/aromatic N) is 4. The van der Waals surface area contributed by atoms with E-state index in [-0.39, 0.29) is 11.9 Å². The predicted molar refractivity (Wildman–Crippen MR) is 97.7 cm³/mol. The molecule has 0 N–H and O–H groups in total. The Kier molecular flexibility index (Phi) is 5.17. The van der Waals surface area contributed by atoms with Crippen molar-refractivity contribution in [3.63, 3.8) is 0 Å². The summed E-state index contributed by atoms with van der Waals surface area (Å²) >= 11 is 0. The Morgan fingerprint density at radius 3 is 2.50 bits per heavy atom. The summed E-state index contributed by atoms with van der Waals surface area (Å²) in [7, 11) is 0. The van der Waals surface area contributed by atoms with Crippen LogP contribution in [0.4, 0.5) is 11.4 Å². The predicted octanol–water partition coefficient (Wildman–Crippen LogP) is 3.74. The highest BCUT2D eigenvalue weighted by Crippen LogP contribution is 2.23. The third-order valence-electron chi connectivity index (χ3n) is 3.76. The third kappa shape index (κ3) is 3.66. The number of hydrazone groups is 1. The van der Waals surface area contributed by atoms with Gasteiger partial charge in [-0.15, -0.1) is 0 Å². The van der Waals surface area contributed by atoms with E-state index < -0.39 is 6.04 Å². The summed E-state index contributed by atoms with van der Waals surface area (Å²) in [4.78, 5) is 24.2. The van der Waals surface area contributed by atoms with Gasteiger partial charge in [0.05, 0.1) is 29.3 Å². The molecule has 132 valence electrons. The molecule has 0 aromatic heterocycles. The van der Waals surface area contributed by atoms with Crippen LogP contribution in [0.2, 0.25) is 0 Å². The van der Waals surface area contributed by atoms with Gasteiger partial charge in [0.25, 0.3) is 5.91 Å². The lowest BCUT2D eigenvalue weighted by atomic mass is 10.2. The highest BCUT2D eigenvalue weighted by molar-refractivity contribution is 6.18. The number of para-hydroxylation sites is 1. The van der Waals surface area contributed by atoms with Crippen LogP contribution in [0.5, 0.6) is 0 Å². The highest BCUT2D eigenvalue weighted by Gasteiger charge is 2.34. The molecule has 3 rings (SSSR count). The van der Waals surface area contributed by atoms with Gasteiger partial charge in [-0.05, 0) is 50.2 Å². The zero-order chi connectivity index (χ0) is 18.5. The molecule has 0 unspecified atom stereocenters. The normalized spacial score (nSPS) is 16.8. The first-order chi connectivity index (χ1) is 12.6. The molecule has 0 saturated carbocycles. The smallest absolute Gasteiger partial charge is 0.338 e. The number of ether oxygens (including phenoxy) is 1. The van der Waals surface area contributed by atoms with Crippen LogP contribution in [-0.2, 0) is 9.53 Å². The number of anilines is 1. The number of azo groups is 1. The summed E-state index contributed by atoms with van der Waals surface area (Å²) in [6.45, 7) is 3.82. The summed E-state index contributed by atoms with van der Waals surface area (Å²) in [6.07, 6.45) is 0. The molecule has 1 aliphatic rings. The summed E-state index contributed by atoms with van der Waals surface area (Å²) in [5.41, 5.74) is 2.24. The fraction of sp³-hybridized carbons (Fsp3) is 0.211. The second-order valence-corrected chi connectivity index (χ2v) is 5.61. The average molecular weight is 350 g/mol. The Labute approximate surface area is 151 Å². The van der Waals surface area contributed by atoms with E-state index in [9.17, 15) is 9.59 Å². The molecule has 2 aromatic rings. The highest BCUT2D eigenvalue weighted by atomic mass is 16.5. The lowest BCUT2D eigenvalue weighted by Crippen LogP contribution is -2.29. The van der Waals surface area contributed by atoms with Crippen LogP contribution < -0.4 is 5.01 Å². The van der Waals surface area contributed by atoms with Crippen molar-refractivity contribution >= 4 is 29.0 Å². The van der Waals surface area contributed by atoms with E-state index in [0.717, 1.165) is 0 Å². The lowest BCUT2D eigenvalue weighted by Gasteiger charge is -2.11. The van der Waals surface area contributed by atoms with Crippen LogP contribution in [0, 0.1) is 0 Å². The monoisotopic (exact) mass is 350 g/mol. The molecule has 1 heterocycles. The van der Waals surface area contributed by atoms with Gasteiger partial charge in [0, 0.05) is 0 Å². The number of amides is 1. The van der Waals surface area contributed by atoms with Crippen molar-refractivity contribution in [1.29, 1.82) is 0 Å². The zero-order valence-electron chi connectivity index (χ0n) is 14.5. The van der Waals surface area contributed by atoms with Crippen LogP contribution in [-0.4, -0.2) is 30.2 Å². The van der Waals surface area contributed by atoms with Crippen LogP contribution >= 0.6 is 0 Å². The molecule has 7 nitrogen and oxygen atoms in total. The van der Waals surface area contributed by atoms with Crippen molar-refractivity contribution in [3.8, 4) is 0 Å². The Balaban J connectivity index is 1.72. The maximum Gasteiger partial charge on any atom is 0.338 e. The van der Waals surface area contributed by atoms with E-state index in [0.29, 0.717) is 29.3 Å². The van der Waals surface area contributed by atoms with Crippen LogP contribution in [0.1, 0.15) is 24.2 Å². The van der Waals surface area contributed by atoms with Crippen molar-refractivity contribution in [1.82, 2.24) is 0 Å². The van der Waals surface area contributed by atoms with Crippen molar-refractivity contribution in [2.45, 2.75) is 19.9 Å². The van der Waals surface area contributed by atoms with Crippen molar-refractivity contribution < 1.29 is 14.3 Å². The maximum atomic E-state index is 12.5.